The summed E-state index contributed by atoms with van der Waals surface area (Å²) in [5.41, 5.74) is 0.125. The second-order valence-corrected chi connectivity index (χ2v) is 5.29. The van der Waals surface area contributed by atoms with E-state index in [2.05, 4.69) is 12.2 Å². The number of hydrogen-bond acceptors (Lipinski definition) is 3. The molecular weight excluding hydrogens is 192 g/mol. The highest BCUT2D eigenvalue weighted by Crippen LogP contribution is 2.37. The van der Waals surface area contributed by atoms with Crippen LogP contribution in [0.5, 0.6) is 0 Å². The maximum atomic E-state index is 11.9. The quantitative estimate of drug-likeness (QED) is 0.684. The van der Waals surface area contributed by atoms with Gasteiger partial charge in [-0.2, -0.15) is 0 Å². The minimum atomic E-state index is -0.245. The Morgan fingerprint density at radius 1 is 1.33 bits per heavy atom. The van der Waals surface area contributed by atoms with Gasteiger partial charge < -0.3 is 5.32 Å². The summed E-state index contributed by atoms with van der Waals surface area (Å²) in [6.07, 6.45) is 4.61. The molecule has 1 heterocycles. The summed E-state index contributed by atoms with van der Waals surface area (Å²) in [6, 6.07) is -0.0191. The highest BCUT2D eigenvalue weighted by molar-refractivity contribution is 6.06. The SMILES string of the molecule is CC1(NC2CC(=O)N(C3CC3)C2=O)CC1. The van der Waals surface area contributed by atoms with E-state index in [-0.39, 0.29) is 29.4 Å². The van der Waals surface area contributed by atoms with E-state index >= 15 is 0 Å². The van der Waals surface area contributed by atoms with Crippen molar-refractivity contribution < 1.29 is 9.59 Å². The molecule has 0 bridgehead atoms. The van der Waals surface area contributed by atoms with Crippen molar-refractivity contribution in [2.45, 2.75) is 56.7 Å². The van der Waals surface area contributed by atoms with Crippen molar-refractivity contribution in [3.8, 4) is 0 Å². The Morgan fingerprint density at radius 3 is 2.53 bits per heavy atom. The van der Waals surface area contributed by atoms with Gasteiger partial charge in [-0.15, -0.1) is 0 Å². The Hall–Kier alpha value is -0.900. The summed E-state index contributed by atoms with van der Waals surface area (Å²) in [5, 5.41) is 3.31. The largest absolute Gasteiger partial charge is 0.300 e. The molecule has 0 radical (unpaired) electrons. The third-order valence-corrected chi connectivity index (χ3v) is 3.62. The van der Waals surface area contributed by atoms with Crippen LogP contribution in [0.4, 0.5) is 0 Å². The molecule has 82 valence electrons. The molecule has 15 heavy (non-hydrogen) atoms. The van der Waals surface area contributed by atoms with Crippen LogP contribution in [-0.4, -0.2) is 34.3 Å². The molecule has 0 aromatic carbocycles. The van der Waals surface area contributed by atoms with Crippen LogP contribution in [0.25, 0.3) is 0 Å². The zero-order chi connectivity index (χ0) is 10.6. The number of likely N-dealkylation sites (tertiary alicyclic amines) is 1. The number of imide groups is 1. The number of nitrogens with zero attached hydrogens (tertiary/aromatic N) is 1. The van der Waals surface area contributed by atoms with Crippen molar-refractivity contribution in [3.05, 3.63) is 0 Å². The lowest BCUT2D eigenvalue weighted by molar-refractivity contribution is -0.139. The Morgan fingerprint density at radius 2 is 2.00 bits per heavy atom. The van der Waals surface area contributed by atoms with E-state index in [0.29, 0.717) is 6.42 Å². The first-order valence-electron chi connectivity index (χ1n) is 5.73. The van der Waals surface area contributed by atoms with Crippen LogP contribution in [0.15, 0.2) is 0 Å². The van der Waals surface area contributed by atoms with Crippen LogP contribution < -0.4 is 5.32 Å². The summed E-state index contributed by atoms with van der Waals surface area (Å²) in [6.45, 7) is 2.12. The lowest BCUT2D eigenvalue weighted by Crippen LogP contribution is -2.44. The molecule has 2 aliphatic carbocycles. The van der Waals surface area contributed by atoms with E-state index in [1.54, 1.807) is 0 Å². The number of carbonyl (C=O) groups is 2. The standard InChI is InChI=1S/C11H16N2O2/c1-11(4-5-11)12-8-6-9(14)13(10(8)15)7-2-3-7/h7-8,12H,2-6H2,1H3. The van der Waals surface area contributed by atoms with E-state index in [1.807, 2.05) is 0 Å². The number of carbonyl (C=O) groups excluding carboxylic acids is 2. The molecular formula is C11H16N2O2. The fourth-order valence-electron chi connectivity index (χ4n) is 2.23. The molecule has 2 amide bonds. The summed E-state index contributed by atoms with van der Waals surface area (Å²) >= 11 is 0. The van der Waals surface area contributed by atoms with Crippen molar-refractivity contribution in [1.82, 2.24) is 10.2 Å². The highest BCUT2D eigenvalue weighted by Gasteiger charge is 2.49. The van der Waals surface area contributed by atoms with Crippen molar-refractivity contribution in [2.75, 3.05) is 0 Å². The molecule has 1 aliphatic heterocycles. The summed E-state index contributed by atoms with van der Waals surface area (Å²) in [7, 11) is 0. The molecule has 1 unspecified atom stereocenters. The van der Waals surface area contributed by atoms with Gasteiger partial charge in [0.15, 0.2) is 0 Å². The van der Waals surface area contributed by atoms with Crippen molar-refractivity contribution in [2.24, 2.45) is 0 Å². The molecule has 3 fully saturated rings. The van der Waals surface area contributed by atoms with Gasteiger partial charge in [-0.3, -0.25) is 14.5 Å². The number of hydrogen-bond donors (Lipinski definition) is 1. The first-order chi connectivity index (χ1) is 7.09. The van der Waals surface area contributed by atoms with E-state index in [0.717, 1.165) is 25.7 Å². The summed E-state index contributed by atoms with van der Waals surface area (Å²) < 4.78 is 0. The molecule has 1 N–H and O–H groups in total. The third kappa shape index (κ3) is 1.57. The second kappa shape index (κ2) is 2.82. The minimum Gasteiger partial charge on any atom is -0.300 e. The first-order valence-corrected chi connectivity index (χ1v) is 5.73. The van der Waals surface area contributed by atoms with E-state index in [9.17, 15) is 9.59 Å². The normalized spacial score (nSPS) is 33.7. The first kappa shape index (κ1) is 9.33. The molecule has 0 aromatic heterocycles. The van der Waals surface area contributed by atoms with Crippen molar-refractivity contribution in [1.29, 1.82) is 0 Å². The Balaban J connectivity index is 1.70. The third-order valence-electron chi connectivity index (χ3n) is 3.62. The van der Waals surface area contributed by atoms with Crippen LogP contribution in [0.3, 0.4) is 0 Å². The monoisotopic (exact) mass is 208 g/mol. The molecule has 4 nitrogen and oxygen atoms in total. The van der Waals surface area contributed by atoms with Crippen molar-refractivity contribution in [3.63, 3.8) is 0 Å². The van der Waals surface area contributed by atoms with Crippen LogP contribution >= 0.6 is 0 Å². The fraction of sp³-hybridized carbons (Fsp3) is 0.818. The number of nitrogens with one attached hydrogen (secondary N) is 1. The Labute approximate surface area is 89.0 Å². The smallest absolute Gasteiger partial charge is 0.247 e. The zero-order valence-corrected chi connectivity index (χ0v) is 8.95. The van der Waals surface area contributed by atoms with Gasteiger partial charge in [-0.1, -0.05) is 0 Å². The highest BCUT2D eigenvalue weighted by atomic mass is 16.2. The van der Waals surface area contributed by atoms with Crippen molar-refractivity contribution >= 4 is 11.8 Å². The Kier molecular flexibility index (Phi) is 1.75. The molecule has 0 spiro atoms. The molecule has 4 heteroatoms. The van der Waals surface area contributed by atoms with Gasteiger partial charge in [0.1, 0.15) is 0 Å². The van der Waals surface area contributed by atoms with Gasteiger partial charge in [0.25, 0.3) is 0 Å². The Bertz CT molecular complexity index is 331. The number of rotatable bonds is 3. The van der Waals surface area contributed by atoms with E-state index in [4.69, 9.17) is 0 Å². The van der Waals surface area contributed by atoms with Gasteiger partial charge in [0.05, 0.1) is 12.5 Å². The van der Waals surface area contributed by atoms with Gasteiger partial charge in [-0.05, 0) is 32.6 Å². The lowest BCUT2D eigenvalue weighted by atomic mass is 10.2. The van der Waals surface area contributed by atoms with Crippen LogP contribution in [0.1, 0.15) is 39.0 Å². The predicted octanol–water partition coefficient (Wildman–Crippen LogP) is 0.418. The topological polar surface area (TPSA) is 49.4 Å². The van der Waals surface area contributed by atoms with Gasteiger partial charge >= 0.3 is 0 Å². The maximum Gasteiger partial charge on any atom is 0.247 e. The predicted molar refractivity (Wildman–Crippen MR) is 54.1 cm³/mol. The minimum absolute atomic E-state index is 0.00984. The molecule has 1 atom stereocenters. The maximum absolute atomic E-state index is 11.9. The second-order valence-electron chi connectivity index (χ2n) is 5.29. The van der Waals surface area contributed by atoms with Gasteiger partial charge in [-0.25, -0.2) is 0 Å². The fourth-order valence-corrected chi connectivity index (χ4v) is 2.23. The van der Waals surface area contributed by atoms with E-state index < -0.39 is 0 Å². The zero-order valence-electron chi connectivity index (χ0n) is 8.95. The molecule has 2 saturated carbocycles. The van der Waals surface area contributed by atoms with Gasteiger partial charge in [0.2, 0.25) is 11.8 Å². The molecule has 3 rings (SSSR count). The van der Waals surface area contributed by atoms with Crippen LogP contribution in [-0.2, 0) is 9.59 Å². The van der Waals surface area contributed by atoms with Crippen LogP contribution in [0, 0.1) is 0 Å². The summed E-state index contributed by atoms with van der Waals surface area (Å²) in [5.74, 6) is 0.0277. The number of amides is 2. The molecule has 1 saturated heterocycles. The van der Waals surface area contributed by atoms with Crippen LogP contribution in [0.2, 0.25) is 0 Å². The summed E-state index contributed by atoms with van der Waals surface area (Å²) in [4.78, 5) is 25.1. The average Bonchev–Trinajstić information content (AvgIpc) is 3.04. The molecule has 0 aromatic rings. The lowest BCUT2D eigenvalue weighted by Gasteiger charge is -2.17. The average molecular weight is 208 g/mol. The van der Waals surface area contributed by atoms with E-state index in [1.165, 1.54) is 4.90 Å². The molecule has 3 aliphatic rings. The van der Waals surface area contributed by atoms with Gasteiger partial charge in [0, 0.05) is 11.6 Å².